The second kappa shape index (κ2) is 11.2. The molecule has 0 amide bonds. The summed E-state index contributed by atoms with van der Waals surface area (Å²) < 4.78 is 0. The smallest absolute Gasteiger partial charge is 0 e. The fourth-order valence-corrected chi connectivity index (χ4v) is 0.677. The number of rotatable bonds is 4. The van der Waals surface area contributed by atoms with Crippen molar-refractivity contribution in [1.29, 1.82) is 0 Å². The van der Waals surface area contributed by atoms with E-state index in [1.54, 1.807) is 0 Å². The first kappa shape index (κ1) is 12.1. The molecular weight excluding hydrogens is 228 g/mol. The third-order valence-corrected chi connectivity index (χ3v) is 1.21. The Labute approximate surface area is 86.0 Å². The molecular formula is C7H16Nd. The minimum atomic E-state index is 0. The van der Waals surface area contributed by atoms with Crippen LogP contribution in [0.25, 0.3) is 0 Å². The average Bonchev–Trinajstić information content (AvgIpc) is 1.69. The summed E-state index contributed by atoms with van der Waals surface area (Å²) in [6.45, 7) is 4.49. The van der Waals surface area contributed by atoms with Gasteiger partial charge in [-0.15, -0.1) is 0 Å². The van der Waals surface area contributed by atoms with Gasteiger partial charge in [-0.2, -0.15) is 0 Å². The van der Waals surface area contributed by atoms with Crippen LogP contribution in [0.1, 0.15) is 46.0 Å². The van der Waals surface area contributed by atoms with Crippen molar-refractivity contribution < 1.29 is 40.8 Å². The summed E-state index contributed by atoms with van der Waals surface area (Å²) in [7, 11) is 0. The van der Waals surface area contributed by atoms with Crippen molar-refractivity contribution in [3.05, 3.63) is 0 Å². The summed E-state index contributed by atoms with van der Waals surface area (Å²) in [5, 5.41) is 0. The van der Waals surface area contributed by atoms with Crippen LogP contribution in [-0.4, -0.2) is 0 Å². The summed E-state index contributed by atoms with van der Waals surface area (Å²) >= 11 is 0. The zero-order chi connectivity index (χ0) is 5.54. The van der Waals surface area contributed by atoms with Gasteiger partial charge < -0.3 is 0 Å². The molecule has 0 nitrogen and oxygen atoms in total. The first-order chi connectivity index (χ1) is 3.41. The summed E-state index contributed by atoms with van der Waals surface area (Å²) in [5.74, 6) is 0. The molecule has 48 valence electrons. The van der Waals surface area contributed by atoms with E-state index in [1.807, 2.05) is 0 Å². The molecule has 0 radical (unpaired) electrons. The molecule has 0 N–H and O–H groups in total. The number of hydrogen-bond acceptors (Lipinski definition) is 0. The molecule has 0 saturated heterocycles. The summed E-state index contributed by atoms with van der Waals surface area (Å²) in [4.78, 5) is 0. The molecule has 0 saturated carbocycles. The van der Waals surface area contributed by atoms with Crippen molar-refractivity contribution in [3.8, 4) is 0 Å². The maximum absolute atomic E-state index is 2.25. The van der Waals surface area contributed by atoms with Crippen LogP contribution in [0.15, 0.2) is 0 Å². The summed E-state index contributed by atoms with van der Waals surface area (Å²) in [6.07, 6.45) is 7.01. The molecule has 0 atom stereocenters. The Hall–Kier alpha value is 1.35. The van der Waals surface area contributed by atoms with E-state index in [4.69, 9.17) is 0 Å². The zero-order valence-corrected chi connectivity index (χ0v) is 9.24. The normalized spacial score (nSPS) is 8.25. The molecule has 0 spiro atoms. The molecule has 0 aromatic rings. The summed E-state index contributed by atoms with van der Waals surface area (Å²) in [6, 6.07) is 0. The Kier molecular flexibility index (Phi) is 16.9. The second-order valence-electron chi connectivity index (χ2n) is 2.06. The molecule has 0 bridgehead atoms. The molecule has 0 fully saturated rings. The first-order valence-electron chi connectivity index (χ1n) is 3.41. The molecule has 0 heterocycles. The van der Waals surface area contributed by atoms with Gasteiger partial charge in [0.05, 0.1) is 0 Å². The van der Waals surface area contributed by atoms with Gasteiger partial charge in [0, 0.05) is 40.8 Å². The van der Waals surface area contributed by atoms with Crippen molar-refractivity contribution in [2.45, 2.75) is 46.0 Å². The van der Waals surface area contributed by atoms with Gasteiger partial charge in [0.1, 0.15) is 0 Å². The van der Waals surface area contributed by atoms with Gasteiger partial charge in [-0.1, -0.05) is 46.0 Å². The van der Waals surface area contributed by atoms with Crippen LogP contribution in [0.3, 0.4) is 0 Å². The predicted octanol–water partition coefficient (Wildman–Crippen LogP) is 2.98. The third kappa shape index (κ3) is 10.4. The standard InChI is InChI=1S/C7H16.Nd/c1-3-5-7-6-4-2;/h3-7H2,1-2H3;. The van der Waals surface area contributed by atoms with Crippen LogP contribution < -0.4 is 0 Å². The Morgan fingerprint density at radius 3 is 1.38 bits per heavy atom. The minimum absolute atomic E-state index is 0. The minimum Gasteiger partial charge on any atom is -0.0654 e. The van der Waals surface area contributed by atoms with Crippen LogP contribution in [0.2, 0.25) is 0 Å². The Morgan fingerprint density at radius 1 is 0.750 bits per heavy atom. The van der Waals surface area contributed by atoms with E-state index in [0.717, 1.165) is 0 Å². The Balaban J connectivity index is 0. The van der Waals surface area contributed by atoms with Crippen molar-refractivity contribution in [3.63, 3.8) is 0 Å². The van der Waals surface area contributed by atoms with Crippen LogP contribution in [0.4, 0.5) is 0 Å². The number of unbranched alkanes of at least 4 members (excludes halogenated alkanes) is 4. The van der Waals surface area contributed by atoms with E-state index in [1.165, 1.54) is 32.1 Å². The second-order valence-corrected chi connectivity index (χ2v) is 2.06. The topological polar surface area (TPSA) is 0 Å². The van der Waals surface area contributed by atoms with E-state index in [9.17, 15) is 0 Å². The van der Waals surface area contributed by atoms with Crippen LogP contribution in [-0.2, 0) is 0 Å². The SMILES string of the molecule is CCCCCCC.[Nd]. The average molecular weight is 244 g/mol. The molecule has 0 rings (SSSR count). The Morgan fingerprint density at radius 2 is 1.12 bits per heavy atom. The van der Waals surface area contributed by atoms with Crippen LogP contribution in [0, 0.1) is 40.8 Å². The fourth-order valence-electron chi connectivity index (χ4n) is 0.677. The van der Waals surface area contributed by atoms with Crippen molar-refractivity contribution in [2.75, 3.05) is 0 Å². The molecule has 1 heteroatoms. The van der Waals surface area contributed by atoms with Crippen molar-refractivity contribution in [2.24, 2.45) is 0 Å². The maximum Gasteiger partial charge on any atom is 0 e. The largest absolute Gasteiger partial charge is 0.0654 e. The van der Waals surface area contributed by atoms with E-state index >= 15 is 0 Å². The number of hydrogen-bond donors (Lipinski definition) is 0. The molecule has 0 aliphatic heterocycles. The van der Waals surface area contributed by atoms with Crippen LogP contribution >= 0.6 is 0 Å². The van der Waals surface area contributed by atoms with Gasteiger partial charge in [-0.3, -0.25) is 0 Å². The monoisotopic (exact) mass is 242 g/mol. The molecule has 0 aromatic carbocycles. The fraction of sp³-hybridized carbons (Fsp3) is 1.00. The molecule has 0 unspecified atom stereocenters. The van der Waals surface area contributed by atoms with Crippen molar-refractivity contribution >= 4 is 0 Å². The Bertz CT molecular complexity index is 23.6. The van der Waals surface area contributed by atoms with Crippen LogP contribution in [0.5, 0.6) is 0 Å². The zero-order valence-electron chi connectivity index (χ0n) is 6.04. The van der Waals surface area contributed by atoms with Gasteiger partial charge in [-0.05, 0) is 0 Å². The van der Waals surface area contributed by atoms with Gasteiger partial charge >= 0.3 is 0 Å². The van der Waals surface area contributed by atoms with Crippen molar-refractivity contribution in [1.82, 2.24) is 0 Å². The molecule has 0 aromatic heterocycles. The van der Waals surface area contributed by atoms with Gasteiger partial charge in [0.15, 0.2) is 0 Å². The van der Waals surface area contributed by atoms with Gasteiger partial charge in [0.25, 0.3) is 0 Å². The quantitative estimate of drug-likeness (QED) is 0.667. The van der Waals surface area contributed by atoms with E-state index in [2.05, 4.69) is 13.8 Å². The van der Waals surface area contributed by atoms with E-state index in [-0.39, 0.29) is 40.8 Å². The van der Waals surface area contributed by atoms with Gasteiger partial charge in [-0.25, -0.2) is 0 Å². The molecule has 8 heavy (non-hydrogen) atoms. The summed E-state index contributed by atoms with van der Waals surface area (Å²) in [5.41, 5.74) is 0. The molecule has 0 aliphatic carbocycles. The predicted molar refractivity (Wildman–Crippen MR) is 34.4 cm³/mol. The van der Waals surface area contributed by atoms with E-state index in [0.29, 0.717) is 0 Å². The first-order valence-corrected chi connectivity index (χ1v) is 3.41. The van der Waals surface area contributed by atoms with E-state index < -0.39 is 0 Å². The van der Waals surface area contributed by atoms with Gasteiger partial charge in [0.2, 0.25) is 0 Å². The molecule has 0 aliphatic rings. The third-order valence-electron chi connectivity index (χ3n) is 1.21. The maximum atomic E-state index is 2.25.